The Morgan fingerprint density at radius 1 is 1.38 bits per heavy atom. The molecule has 21 heavy (non-hydrogen) atoms. The topological polar surface area (TPSA) is 70.7 Å². The van der Waals surface area contributed by atoms with E-state index in [-0.39, 0.29) is 29.9 Å². The molecule has 0 saturated carbocycles. The highest BCUT2D eigenvalue weighted by Crippen LogP contribution is 2.11. The lowest BCUT2D eigenvalue weighted by Gasteiger charge is -2.19. The van der Waals surface area contributed by atoms with Crippen molar-refractivity contribution in [3.63, 3.8) is 0 Å². The van der Waals surface area contributed by atoms with E-state index in [1.165, 1.54) is 0 Å². The molecule has 0 saturated heterocycles. The van der Waals surface area contributed by atoms with Gasteiger partial charge in [-0.05, 0) is 32.0 Å². The highest BCUT2D eigenvalue weighted by atomic mass is 127. The summed E-state index contributed by atoms with van der Waals surface area (Å²) in [6.07, 6.45) is 0. The van der Waals surface area contributed by atoms with Crippen molar-refractivity contribution in [2.45, 2.75) is 13.8 Å². The normalized spacial score (nSPS) is 10.7. The maximum Gasteiger partial charge on any atom is 0.251 e. The molecule has 0 bridgehead atoms. The second kappa shape index (κ2) is 10.8. The lowest BCUT2D eigenvalue weighted by Crippen LogP contribution is -2.37. The van der Waals surface area contributed by atoms with Crippen LogP contribution in [0.25, 0.3) is 0 Å². The monoisotopic (exact) mass is 468 g/mol. The summed E-state index contributed by atoms with van der Waals surface area (Å²) >= 11 is 3.34. The maximum absolute atomic E-state index is 11.9. The van der Waals surface area contributed by atoms with Crippen molar-refractivity contribution < 1.29 is 4.79 Å². The summed E-state index contributed by atoms with van der Waals surface area (Å²) in [5.74, 6) is 0.412. The molecule has 1 aromatic carbocycles. The molecular formula is C14H22BrIN4O. The van der Waals surface area contributed by atoms with Gasteiger partial charge in [-0.2, -0.15) is 0 Å². The first-order chi connectivity index (χ1) is 9.58. The van der Waals surface area contributed by atoms with Gasteiger partial charge in [0, 0.05) is 29.7 Å². The Balaban J connectivity index is 0.00000400. The first-order valence-electron chi connectivity index (χ1n) is 6.67. The molecule has 0 atom stereocenters. The van der Waals surface area contributed by atoms with Gasteiger partial charge >= 0.3 is 0 Å². The predicted octanol–water partition coefficient (Wildman–Crippen LogP) is 2.45. The zero-order chi connectivity index (χ0) is 15.0. The van der Waals surface area contributed by atoms with E-state index in [0.717, 1.165) is 17.6 Å². The van der Waals surface area contributed by atoms with Crippen LogP contribution in [-0.4, -0.2) is 42.9 Å². The number of carbonyl (C=O) groups is 1. The number of benzene rings is 1. The Morgan fingerprint density at radius 3 is 2.62 bits per heavy atom. The van der Waals surface area contributed by atoms with Crippen LogP contribution in [0.5, 0.6) is 0 Å². The Hall–Kier alpha value is -0.830. The molecule has 0 heterocycles. The molecule has 0 aliphatic rings. The van der Waals surface area contributed by atoms with Gasteiger partial charge in [0.15, 0.2) is 5.96 Å². The summed E-state index contributed by atoms with van der Waals surface area (Å²) in [4.78, 5) is 18.1. The van der Waals surface area contributed by atoms with Crippen molar-refractivity contribution in [3.8, 4) is 0 Å². The van der Waals surface area contributed by atoms with Gasteiger partial charge in [-0.15, -0.1) is 24.0 Å². The quantitative estimate of drug-likeness (QED) is 0.291. The fraction of sp³-hybridized carbons (Fsp3) is 0.429. The minimum atomic E-state index is -0.108. The minimum Gasteiger partial charge on any atom is -0.370 e. The lowest BCUT2D eigenvalue weighted by molar-refractivity contribution is 0.0954. The van der Waals surface area contributed by atoms with E-state index in [2.05, 4.69) is 26.2 Å². The number of hydrogen-bond acceptors (Lipinski definition) is 2. The van der Waals surface area contributed by atoms with Crippen molar-refractivity contribution >= 4 is 51.8 Å². The number of amides is 1. The average Bonchev–Trinajstić information content (AvgIpc) is 2.44. The fourth-order valence-corrected chi connectivity index (χ4v) is 2.12. The molecule has 0 fully saturated rings. The second-order valence-corrected chi connectivity index (χ2v) is 5.09. The van der Waals surface area contributed by atoms with Crippen LogP contribution < -0.4 is 11.1 Å². The van der Waals surface area contributed by atoms with E-state index in [1.54, 1.807) is 12.1 Å². The van der Waals surface area contributed by atoms with Gasteiger partial charge in [-0.1, -0.05) is 22.0 Å². The molecule has 0 aliphatic carbocycles. The average molecular weight is 469 g/mol. The van der Waals surface area contributed by atoms with Crippen LogP contribution in [0.2, 0.25) is 0 Å². The van der Waals surface area contributed by atoms with Crippen LogP contribution >= 0.6 is 39.9 Å². The van der Waals surface area contributed by atoms with Crippen LogP contribution in [0.4, 0.5) is 0 Å². The first kappa shape index (κ1) is 20.2. The molecule has 0 aliphatic heterocycles. The standard InChI is InChI=1S/C14H21BrN4O.HI/c1-3-19(4-2)14(16)18-9-8-17-13(20)11-6-5-7-12(15)10-11;/h5-7,10H,3-4,8-9H2,1-2H3,(H2,16,18)(H,17,20);1H. The molecule has 1 aromatic rings. The number of nitrogens with one attached hydrogen (secondary N) is 1. The van der Waals surface area contributed by atoms with Gasteiger partial charge < -0.3 is 16.0 Å². The summed E-state index contributed by atoms with van der Waals surface area (Å²) in [5.41, 5.74) is 6.47. The zero-order valence-corrected chi connectivity index (χ0v) is 16.2. The largest absolute Gasteiger partial charge is 0.370 e. The molecule has 118 valence electrons. The lowest BCUT2D eigenvalue weighted by atomic mass is 10.2. The van der Waals surface area contributed by atoms with E-state index in [4.69, 9.17) is 5.73 Å². The van der Waals surface area contributed by atoms with Crippen LogP contribution in [0, 0.1) is 0 Å². The summed E-state index contributed by atoms with van der Waals surface area (Å²) in [6, 6.07) is 7.26. The Kier molecular flexibility index (Phi) is 10.4. The summed E-state index contributed by atoms with van der Waals surface area (Å²) in [6.45, 7) is 6.66. The number of hydrogen-bond donors (Lipinski definition) is 2. The van der Waals surface area contributed by atoms with E-state index < -0.39 is 0 Å². The summed E-state index contributed by atoms with van der Waals surface area (Å²) < 4.78 is 0.883. The van der Waals surface area contributed by atoms with Crippen molar-refractivity contribution in [2.24, 2.45) is 10.7 Å². The molecule has 3 N–H and O–H groups in total. The van der Waals surface area contributed by atoms with Crippen molar-refractivity contribution in [3.05, 3.63) is 34.3 Å². The highest BCUT2D eigenvalue weighted by molar-refractivity contribution is 14.0. The molecule has 0 spiro atoms. The predicted molar refractivity (Wildman–Crippen MR) is 101 cm³/mol. The first-order valence-corrected chi connectivity index (χ1v) is 7.46. The number of nitrogens with zero attached hydrogens (tertiary/aromatic N) is 2. The van der Waals surface area contributed by atoms with Crippen LogP contribution in [0.3, 0.4) is 0 Å². The third kappa shape index (κ3) is 7.12. The minimum absolute atomic E-state index is 0. The fourth-order valence-electron chi connectivity index (χ4n) is 1.72. The second-order valence-electron chi connectivity index (χ2n) is 4.18. The van der Waals surface area contributed by atoms with Gasteiger partial charge in [0.25, 0.3) is 5.91 Å². The number of carbonyl (C=O) groups excluding carboxylic acids is 1. The Morgan fingerprint density at radius 2 is 2.05 bits per heavy atom. The molecule has 1 rings (SSSR count). The number of aliphatic imine (C=N–C) groups is 1. The van der Waals surface area contributed by atoms with Crippen molar-refractivity contribution in [1.82, 2.24) is 10.2 Å². The summed E-state index contributed by atoms with van der Waals surface area (Å²) in [5, 5.41) is 2.82. The molecule has 5 nitrogen and oxygen atoms in total. The van der Waals surface area contributed by atoms with Crippen LogP contribution in [0.15, 0.2) is 33.7 Å². The van der Waals surface area contributed by atoms with Gasteiger partial charge in [0.1, 0.15) is 0 Å². The van der Waals surface area contributed by atoms with E-state index in [9.17, 15) is 4.79 Å². The SMILES string of the molecule is CCN(CC)C(N)=NCCNC(=O)c1cccc(Br)c1.I. The Labute approximate surface area is 151 Å². The van der Waals surface area contributed by atoms with E-state index in [0.29, 0.717) is 24.6 Å². The Bertz CT molecular complexity index is 478. The van der Waals surface area contributed by atoms with Gasteiger partial charge in [-0.3, -0.25) is 9.79 Å². The number of guanidine groups is 1. The smallest absolute Gasteiger partial charge is 0.251 e. The zero-order valence-electron chi connectivity index (χ0n) is 12.3. The number of nitrogens with two attached hydrogens (primary N) is 1. The molecule has 0 radical (unpaired) electrons. The van der Waals surface area contributed by atoms with E-state index >= 15 is 0 Å². The van der Waals surface area contributed by atoms with E-state index in [1.807, 2.05) is 30.9 Å². The van der Waals surface area contributed by atoms with Gasteiger partial charge in [0.2, 0.25) is 0 Å². The van der Waals surface area contributed by atoms with Crippen LogP contribution in [-0.2, 0) is 0 Å². The molecule has 0 aromatic heterocycles. The van der Waals surface area contributed by atoms with Gasteiger partial charge in [0.05, 0.1) is 6.54 Å². The molecule has 0 unspecified atom stereocenters. The highest BCUT2D eigenvalue weighted by Gasteiger charge is 2.05. The van der Waals surface area contributed by atoms with Crippen molar-refractivity contribution in [1.29, 1.82) is 0 Å². The molecular weight excluding hydrogens is 447 g/mol. The summed E-state index contributed by atoms with van der Waals surface area (Å²) in [7, 11) is 0. The van der Waals surface area contributed by atoms with Crippen molar-refractivity contribution in [2.75, 3.05) is 26.2 Å². The third-order valence-corrected chi connectivity index (χ3v) is 3.34. The number of halogens is 2. The van der Waals surface area contributed by atoms with Gasteiger partial charge in [-0.25, -0.2) is 0 Å². The molecule has 1 amide bonds. The molecule has 7 heteroatoms. The number of rotatable bonds is 6. The third-order valence-electron chi connectivity index (χ3n) is 2.85. The van der Waals surface area contributed by atoms with Crippen LogP contribution in [0.1, 0.15) is 24.2 Å². The maximum atomic E-state index is 11.9.